The Balaban J connectivity index is 2.15. The first-order valence-electron chi connectivity index (χ1n) is 8.45. The minimum absolute atomic E-state index is 0.201. The summed E-state index contributed by atoms with van der Waals surface area (Å²) in [6, 6.07) is 7.62. The number of anilines is 1. The van der Waals surface area contributed by atoms with Crippen molar-refractivity contribution in [2.24, 2.45) is 0 Å². The van der Waals surface area contributed by atoms with E-state index in [1.165, 1.54) is 24.4 Å². The van der Waals surface area contributed by atoms with Crippen LogP contribution in [-0.2, 0) is 14.3 Å². The highest BCUT2D eigenvalue weighted by molar-refractivity contribution is 9.10. The van der Waals surface area contributed by atoms with Gasteiger partial charge in [-0.2, -0.15) is 0 Å². The minimum Gasteiger partial charge on any atom is -0.503 e. The van der Waals surface area contributed by atoms with Crippen molar-refractivity contribution in [2.45, 2.75) is 32.4 Å². The first-order valence-corrected chi connectivity index (χ1v) is 9.25. The second-order valence-corrected chi connectivity index (χ2v) is 8.15. The first kappa shape index (κ1) is 20.0. The normalized spacial score (nSPS) is 17.2. The van der Waals surface area contributed by atoms with Crippen LogP contribution in [0, 0.1) is 5.82 Å². The van der Waals surface area contributed by atoms with Crippen LogP contribution in [0.2, 0.25) is 0 Å². The van der Waals surface area contributed by atoms with Crippen LogP contribution >= 0.6 is 15.9 Å². The summed E-state index contributed by atoms with van der Waals surface area (Å²) in [6.07, 6.45) is 1.48. The fourth-order valence-electron chi connectivity index (χ4n) is 2.89. The molecular weight excluding hydrogens is 431 g/mol. The molecular formula is C20H18BrFN2O4. The molecule has 0 bridgehead atoms. The molecule has 1 N–H and O–H groups in total. The Hall–Kier alpha value is -2.74. The van der Waals surface area contributed by atoms with Gasteiger partial charge in [0.05, 0.1) is 0 Å². The van der Waals surface area contributed by atoms with Gasteiger partial charge in [-0.15, -0.1) is 0 Å². The lowest BCUT2D eigenvalue weighted by atomic mass is 9.99. The van der Waals surface area contributed by atoms with Crippen molar-refractivity contribution in [1.82, 2.24) is 4.98 Å². The molecule has 0 saturated carbocycles. The number of aliphatic hydroxyl groups is 1. The van der Waals surface area contributed by atoms with Gasteiger partial charge in [-0.25, -0.2) is 14.2 Å². The Morgan fingerprint density at radius 1 is 1.29 bits per heavy atom. The summed E-state index contributed by atoms with van der Waals surface area (Å²) in [7, 11) is 0. The van der Waals surface area contributed by atoms with Gasteiger partial charge in [0.25, 0.3) is 5.91 Å². The molecule has 8 heteroatoms. The van der Waals surface area contributed by atoms with Gasteiger partial charge in [-0.3, -0.25) is 9.69 Å². The van der Waals surface area contributed by atoms with Crippen LogP contribution in [0.3, 0.4) is 0 Å². The van der Waals surface area contributed by atoms with E-state index in [0.717, 1.165) is 4.90 Å². The third kappa shape index (κ3) is 3.91. The Bertz CT molecular complexity index is 967. The standard InChI is InChI=1S/C20H18BrFN2O4/c1-20(2,3)28-19(27)15-16(11-5-4-6-13(22)9-11)24(18(26)17(15)25)14-8-7-12(21)10-23-14/h4-10,16,25H,1-3H3. The van der Waals surface area contributed by atoms with Gasteiger partial charge in [0.1, 0.15) is 28.9 Å². The minimum atomic E-state index is -1.08. The van der Waals surface area contributed by atoms with E-state index in [1.54, 1.807) is 39.0 Å². The number of benzene rings is 1. The number of amides is 1. The Morgan fingerprint density at radius 2 is 2.00 bits per heavy atom. The SMILES string of the molecule is CC(C)(C)OC(=O)C1=C(O)C(=O)N(c2ccc(Br)cn2)C1c1cccc(F)c1. The van der Waals surface area contributed by atoms with E-state index in [0.29, 0.717) is 10.0 Å². The molecule has 0 saturated heterocycles. The quantitative estimate of drug-likeness (QED) is 0.710. The molecule has 0 fully saturated rings. The average Bonchev–Trinajstić information content (AvgIpc) is 2.86. The highest BCUT2D eigenvalue weighted by Gasteiger charge is 2.46. The lowest BCUT2D eigenvalue weighted by Gasteiger charge is -2.27. The van der Waals surface area contributed by atoms with Crippen molar-refractivity contribution in [3.05, 3.63) is 69.8 Å². The summed E-state index contributed by atoms with van der Waals surface area (Å²) in [5.74, 6) is -2.75. The summed E-state index contributed by atoms with van der Waals surface area (Å²) in [5, 5.41) is 10.5. The molecule has 1 aromatic heterocycles. The number of carbonyl (C=O) groups is 2. The van der Waals surface area contributed by atoms with E-state index >= 15 is 0 Å². The summed E-state index contributed by atoms with van der Waals surface area (Å²) in [4.78, 5) is 30.9. The van der Waals surface area contributed by atoms with Crippen molar-refractivity contribution in [3.63, 3.8) is 0 Å². The number of pyridine rings is 1. The predicted molar refractivity (Wildman–Crippen MR) is 104 cm³/mol. The number of rotatable bonds is 3. The van der Waals surface area contributed by atoms with Crippen LogP contribution in [0.5, 0.6) is 0 Å². The number of carbonyl (C=O) groups excluding carboxylic acids is 2. The number of hydrogen-bond donors (Lipinski definition) is 1. The Morgan fingerprint density at radius 3 is 2.57 bits per heavy atom. The summed E-state index contributed by atoms with van der Waals surface area (Å²) >= 11 is 3.27. The van der Waals surface area contributed by atoms with Crippen LogP contribution in [0.15, 0.2) is 58.4 Å². The maximum absolute atomic E-state index is 13.9. The zero-order valence-electron chi connectivity index (χ0n) is 15.4. The topological polar surface area (TPSA) is 79.7 Å². The van der Waals surface area contributed by atoms with E-state index < -0.39 is 35.1 Å². The van der Waals surface area contributed by atoms with Crippen molar-refractivity contribution in [1.29, 1.82) is 0 Å². The fraction of sp³-hybridized carbons (Fsp3) is 0.250. The zero-order chi connectivity index (χ0) is 20.6. The molecule has 3 rings (SSSR count). The van der Waals surface area contributed by atoms with E-state index in [-0.39, 0.29) is 11.4 Å². The van der Waals surface area contributed by atoms with Gasteiger partial charge in [0.2, 0.25) is 0 Å². The van der Waals surface area contributed by atoms with E-state index in [9.17, 15) is 19.1 Å². The monoisotopic (exact) mass is 448 g/mol. The molecule has 2 aromatic rings. The molecule has 2 heterocycles. The lowest BCUT2D eigenvalue weighted by molar-refractivity contribution is -0.150. The van der Waals surface area contributed by atoms with Crippen molar-refractivity contribution < 1.29 is 23.8 Å². The van der Waals surface area contributed by atoms with Crippen molar-refractivity contribution >= 4 is 33.6 Å². The predicted octanol–water partition coefficient (Wildman–Crippen LogP) is 4.22. The molecule has 28 heavy (non-hydrogen) atoms. The highest BCUT2D eigenvalue weighted by atomic mass is 79.9. The van der Waals surface area contributed by atoms with Crippen LogP contribution in [0.1, 0.15) is 32.4 Å². The molecule has 0 aliphatic carbocycles. The molecule has 1 aliphatic rings. The third-order valence-electron chi connectivity index (χ3n) is 3.95. The van der Waals surface area contributed by atoms with Crippen LogP contribution in [0.4, 0.5) is 10.2 Å². The number of nitrogens with zero attached hydrogens (tertiary/aromatic N) is 2. The number of hydrogen-bond acceptors (Lipinski definition) is 5. The van der Waals surface area contributed by atoms with Gasteiger partial charge in [0, 0.05) is 10.7 Å². The smallest absolute Gasteiger partial charge is 0.341 e. The van der Waals surface area contributed by atoms with Gasteiger partial charge in [-0.05, 0) is 66.5 Å². The van der Waals surface area contributed by atoms with Crippen LogP contribution < -0.4 is 4.90 Å². The highest BCUT2D eigenvalue weighted by Crippen LogP contribution is 2.41. The van der Waals surface area contributed by atoms with Crippen LogP contribution in [0.25, 0.3) is 0 Å². The Labute approximate surface area is 169 Å². The summed E-state index contributed by atoms with van der Waals surface area (Å²) in [6.45, 7) is 5.01. The van der Waals surface area contributed by atoms with E-state index in [2.05, 4.69) is 20.9 Å². The van der Waals surface area contributed by atoms with Gasteiger partial charge < -0.3 is 9.84 Å². The first-order chi connectivity index (χ1) is 13.1. The van der Waals surface area contributed by atoms with Gasteiger partial charge in [-0.1, -0.05) is 12.1 Å². The number of esters is 1. The molecule has 1 amide bonds. The molecule has 0 spiro atoms. The van der Waals surface area contributed by atoms with Crippen molar-refractivity contribution in [3.8, 4) is 0 Å². The average molecular weight is 449 g/mol. The van der Waals surface area contributed by atoms with Gasteiger partial charge >= 0.3 is 5.97 Å². The zero-order valence-corrected chi connectivity index (χ0v) is 17.0. The van der Waals surface area contributed by atoms with E-state index in [4.69, 9.17) is 4.74 Å². The molecule has 6 nitrogen and oxygen atoms in total. The summed E-state index contributed by atoms with van der Waals surface area (Å²) < 4.78 is 19.9. The lowest BCUT2D eigenvalue weighted by Crippen LogP contribution is -2.33. The molecule has 146 valence electrons. The maximum Gasteiger partial charge on any atom is 0.341 e. The fourth-order valence-corrected chi connectivity index (χ4v) is 3.12. The number of aromatic nitrogens is 1. The second-order valence-electron chi connectivity index (χ2n) is 7.23. The molecule has 0 radical (unpaired) electrons. The van der Waals surface area contributed by atoms with Gasteiger partial charge in [0.15, 0.2) is 5.76 Å². The van der Waals surface area contributed by atoms with Crippen LogP contribution in [-0.4, -0.2) is 27.6 Å². The molecule has 1 aromatic carbocycles. The third-order valence-corrected chi connectivity index (χ3v) is 4.42. The number of halogens is 2. The Kier molecular flexibility index (Phi) is 5.25. The molecule has 1 unspecified atom stereocenters. The number of ether oxygens (including phenoxy) is 1. The largest absolute Gasteiger partial charge is 0.503 e. The summed E-state index contributed by atoms with van der Waals surface area (Å²) in [5.41, 5.74) is -0.790. The number of aliphatic hydroxyl groups excluding tert-OH is 1. The molecule has 1 aliphatic heterocycles. The maximum atomic E-state index is 13.9. The van der Waals surface area contributed by atoms with E-state index in [1.807, 2.05) is 0 Å². The second kappa shape index (κ2) is 7.35. The molecule has 1 atom stereocenters. The van der Waals surface area contributed by atoms with Crippen molar-refractivity contribution in [2.75, 3.05) is 4.90 Å².